The number of aryl methyl sites for hydroxylation is 1. The van der Waals surface area contributed by atoms with Gasteiger partial charge in [-0.1, -0.05) is 17.3 Å². The van der Waals surface area contributed by atoms with Crippen LogP contribution >= 0.6 is 11.3 Å². The fourth-order valence-electron chi connectivity index (χ4n) is 2.29. The van der Waals surface area contributed by atoms with Crippen molar-refractivity contribution >= 4 is 11.3 Å². The molecule has 0 unspecified atom stereocenters. The van der Waals surface area contributed by atoms with Crippen LogP contribution in [0.5, 0.6) is 0 Å². The van der Waals surface area contributed by atoms with Crippen molar-refractivity contribution in [3.8, 4) is 11.4 Å². The maximum absolute atomic E-state index is 12.6. The van der Waals surface area contributed by atoms with E-state index < -0.39 is 11.7 Å². The van der Waals surface area contributed by atoms with Gasteiger partial charge in [0.05, 0.1) is 22.8 Å². The molecule has 9 heteroatoms. The van der Waals surface area contributed by atoms with E-state index >= 15 is 0 Å². The lowest BCUT2D eigenvalue weighted by Gasteiger charge is -2.11. The van der Waals surface area contributed by atoms with Crippen molar-refractivity contribution in [2.75, 3.05) is 7.05 Å². The number of hydrogen-bond donors (Lipinski definition) is 0. The molecule has 0 fully saturated rings. The van der Waals surface area contributed by atoms with Gasteiger partial charge in [-0.3, -0.25) is 4.90 Å². The molecule has 0 atom stereocenters. The second kappa shape index (κ2) is 6.93. The summed E-state index contributed by atoms with van der Waals surface area (Å²) in [5.41, 5.74) is 0.728. The van der Waals surface area contributed by atoms with Crippen LogP contribution in [-0.2, 0) is 19.3 Å². The van der Waals surface area contributed by atoms with Gasteiger partial charge in [-0.15, -0.1) is 11.3 Å². The van der Waals surface area contributed by atoms with E-state index in [2.05, 4.69) is 15.1 Å². The minimum absolute atomic E-state index is 0.265. The highest BCUT2D eigenvalue weighted by atomic mass is 32.1. The van der Waals surface area contributed by atoms with Crippen LogP contribution in [-0.4, -0.2) is 27.1 Å². The van der Waals surface area contributed by atoms with Crippen LogP contribution < -0.4 is 0 Å². The van der Waals surface area contributed by atoms with Crippen molar-refractivity contribution in [3.05, 3.63) is 51.8 Å². The van der Waals surface area contributed by atoms with Crippen LogP contribution in [0.3, 0.4) is 0 Å². The molecule has 0 amide bonds. The standard InChI is InChI=1S/C16H15F3N4OS/c1-10-20-13(9-25-10)7-23(2)8-14-21-15(22-24-14)11-3-5-12(6-4-11)16(17,18)19/h3-6,9H,7-8H2,1-2H3. The first kappa shape index (κ1) is 17.6. The van der Waals surface area contributed by atoms with Crippen molar-refractivity contribution in [1.29, 1.82) is 0 Å². The summed E-state index contributed by atoms with van der Waals surface area (Å²) >= 11 is 1.59. The summed E-state index contributed by atoms with van der Waals surface area (Å²) in [5.74, 6) is 0.658. The second-order valence-electron chi connectivity index (χ2n) is 5.62. The summed E-state index contributed by atoms with van der Waals surface area (Å²) in [6, 6.07) is 4.67. The zero-order chi connectivity index (χ0) is 18.0. The number of rotatable bonds is 5. The van der Waals surface area contributed by atoms with Crippen LogP contribution in [0, 0.1) is 6.92 Å². The summed E-state index contributed by atoms with van der Waals surface area (Å²) < 4.78 is 43.0. The Morgan fingerprint density at radius 2 is 1.84 bits per heavy atom. The van der Waals surface area contributed by atoms with Gasteiger partial charge in [0.15, 0.2) is 0 Å². The number of halogens is 3. The maximum atomic E-state index is 12.6. The Bertz CT molecular complexity index is 842. The van der Waals surface area contributed by atoms with E-state index in [1.165, 1.54) is 12.1 Å². The molecule has 0 bridgehead atoms. The van der Waals surface area contributed by atoms with Crippen molar-refractivity contribution in [2.45, 2.75) is 26.2 Å². The summed E-state index contributed by atoms with van der Waals surface area (Å²) in [7, 11) is 1.90. The molecule has 3 aromatic rings. The van der Waals surface area contributed by atoms with Gasteiger partial charge in [0.25, 0.3) is 0 Å². The van der Waals surface area contributed by atoms with Gasteiger partial charge in [0.2, 0.25) is 11.7 Å². The van der Waals surface area contributed by atoms with Crippen LogP contribution in [0.1, 0.15) is 22.2 Å². The number of hydrogen-bond acceptors (Lipinski definition) is 6. The molecule has 1 aromatic carbocycles. The van der Waals surface area contributed by atoms with Crippen LogP contribution in [0.2, 0.25) is 0 Å². The predicted molar refractivity (Wildman–Crippen MR) is 86.8 cm³/mol. The topological polar surface area (TPSA) is 55.1 Å². The second-order valence-corrected chi connectivity index (χ2v) is 6.68. The van der Waals surface area contributed by atoms with Crippen molar-refractivity contribution in [3.63, 3.8) is 0 Å². The van der Waals surface area contributed by atoms with Gasteiger partial charge in [-0.2, -0.15) is 18.2 Å². The molecule has 5 nitrogen and oxygen atoms in total. The third-order valence-electron chi connectivity index (χ3n) is 3.44. The monoisotopic (exact) mass is 368 g/mol. The zero-order valence-corrected chi connectivity index (χ0v) is 14.4. The lowest BCUT2D eigenvalue weighted by molar-refractivity contribution is -0.137. The fraction of sp³-hybridized carbons (Fsp3) is 0.312. The van der Waals surface area contributed by atoms with Gasteiger partial charge in [0.1, 0.15) is 0 Å². The van der Waals surface area contributed by atoms with Crippen LogP contribution in [0.25, 0.3) is 11.4 Å². The van der Waals surface area contributed by atoms with Crippen LogP contribution in [0.4, 0.5) is 13.2 Å². The first-order valence-corrected chi connectivity index (χ1v) is 8.29. The largest absolute Gasteiger partial charge is 0.416 e. The number of alkyl halides is 3. The summed E-state index contributed by atoms with van der Waals surface area (Å²) in [5, 5.41) is 6.83. The van der Waals surface area contributed by atoms with E-state index in [-0.39, 0.29) is 5.82 Å². The molecule has 0 saturated carbocycles. The van der Waals surface area contributed by atoms with E-state index in [9.17, 15) is 13.2 Å². The number of thiazole rings is 1. The van der Waals surface area contributed by atoms with Gasteiger partial charge < -0.3 is 4.52 Å². The van der Waals surface area contributed by atoms with Gasteiger partial charge in [0, 0.05) is 17.5 Å². The average molecular weight is 368 g/mol. The average Bonchev–Trinajstić information content (AvgIpc) is 3.16. The molecule has 2 aromatic heterocycles. The highest BCUT2D eigenvalue weighted by molar-refractivity contribution is 7.09. The molecular weight excluding hydrogens is 353 g/mol. The zero-order valence-electron chi connectivity index (χ0n) is 13.5. The van der Waals surface area contributed by atoms with Gasteiger partial charge in [-0.05, 0) is 26.1 Å². The Labute approximate surface area is 146 Å². The molecule has 0 radical (unpaired) electrons. The Hall–Kier alpha value is -2.26. The van der Waals surface area contributed by atoms with E-state index in [1.807, 2.05) is 24.3 Å². The van der Waals surface area contributed by atoms with Crippen molar-refractivity contribution in [1.82, 2.24) is 20.0 Å². The first-order valence-electron chi connectivity index (χ1n) is 7.41. The third kappa shape index (κ3) is 4.43. The molecule has 132 valence electrons. The molecular formula is C16H15F3N4OS. The molecule has 0 aliphatic carbocycles. The Morgan fingerprint density at radius 1 is 1.12 bits per heavy atom. The minimum atomic E-state index is -4.36. The number of benzene rings is 1. The fourth-order valence-corrected chi connectivity index (χ4v) is 2.89. The molecule has 2 heterocycles. The Morgan fingerprint density at radius 3 is 2.44 bits per heavy atom. The third-order valence-corrected chi connectivity index (χ3v) is 4.26. The molecule has 0 aliphatic heterocycles. The molecule has 0 aliphatic rings. The molecule has 0 spiro atoms. The smallest absolute Gasteiger partial charge is 0.338 e. The molecule has 3 rings (SSSR count). The van der Waals surface area contributed by atoms with Gasteiger partial charge >= 0.3 is 6.18 Å². The molecule has 0 N–H and O–H groups in total. The molecule has 0 saturated heterocycles. The Kier molecular flexibility index (Phi) is 4.87. The number of aromatic nitrogens is 3. The van der Waals surface area contributed by atoms with Gasteiger partial charge in [-0.25, -0.2) is 4.98 Å². The van der Waals surface area contributed by atoms with Crippen molar-refractivity contribution < 1.29 is 17.7 Å². The summed E-state index contributed by atoms with van der Waals surface area (Å²) in [6.07, 6.45) is -4.36. The molecule has 25 heavy (non-hydrogen) atoms. The maximum Gasteiger partial charge on any atom is 0.416 e. The normalized spacial score (nSPS) is 12.1. The lowest BCUT2D eigenvalue weighted by Crippen LogP contribution is -2.17. The van der Waals surface area contributed by atoms with E-state index in [0.29, 0.717) is 24.5 Å². The Balaban J connectivity index is 1.65. The summed E-state index contributed by atoms with van der Waals surface area (Å²) in [6.45, 7) is 3.01. The number of nitrogens with zero attached hydrogens (tertiary/aromatic N) is 4. The quantitative estimate of drug-likeness (QED) is 0.677. The lowest BCUT2D eigenvalue weighted by atomic mass is 10.1. The first-order chi connectivity index (χ1) is 11.8. The summed E-state index contributed by atoms with van der Waals surface area (Å²) in [4.78, 5) is 10.6. The van der Waals surface area contributed by atoms with E-state index in [1.54, 1.807) is 11.3 Å². The predicted octanol–water partition coefficient (Wildman–Crippen LogP) is 4.15. The highest BCUT2D eigenvalue weighted by Crippen LogP contribution is 2.30. The SMILES string of the molecule is Cc1nc(CN(C)Cc2nc(-c3ccc(C(F)(F)F)cc3)no2)cs1. The van der Waals surface area contributed by atoms with Crippen molar-refractivity contribution in [2.24, 2.45) is 0 Å². The highest BCUT2D eigenvalue weighted by Gasteiger charge is 2.30. The van der Waals surface area contributed by atoms with Crippen LogP contribution in [0.15, 0.2) is 34.2 Å². The minimum Gasteiger partial charge on any atom is -0.338 e. The van der Waals surface area contributed by atoms with E-state index in [4.69, 9.17) is 4.52 Å². The van der Waals surface area contributed by atoms with E-state index in [0.717, 1.165) is 22.8 Å².